The van der Waals surface area contributed by atoms with E-state index in [1.165, 1.54) is 0 Å². The highest BCUT2D eigenvalue weighted by Crippen LogP contribution is 2.28. The average molecular weight is 315 g/mol. The number of rotatable bonds is 3. The number of aromatic nitrogens is 1. The van der Waals surface area contributed by atoms with Crippen LogP contribution >= 0.6 is 24.8 Å². The molecule has 0 fully saturated rings. The molecule has 0 aliphatic heterocycles. The Morgan fingerprint density at radius 3 is 2.65 bits per heavy atom. The second-order valence-corrected chi connectivity index (χ2v) is 3.67. The second-order valence-electron chi connectivity index (χ2n) is 3.67. The number of guanidine groups is 1. The topological polar surface area (TPSA) is 84.0 Å². The van der Waals surface area contributed by atoms with Crippen LogP contribution in [0.4, 0.5) is 5.69 Å². The lowest BCUT2D eigenvalue weighted by Crippen LogP contribution is -2.20. The molecule has 1 aromatic heterocycles. The van der Waals surface area contributed by atoms with Gasteiger partial charge in [-0.15, -0.1) is 24.8 Å². The summed E-state index contributed by atoms with van der Waals surface area (Å²) in [5, 5.41) is 9.96. The Kier molecular flexibility index (Phi) is 7.43. The molecule has 5 nitrogen and oxygen atoms in total. The number of benzene rings is 1. The zero-order chi connectivity index (χ0) is 13.0. The minimum absolute atomic E-state index is 0. The van der Waals surface area contributed by atoms with E-state index in [4.69, 9.17) is 15.9 Å². The normalized spacial score (nSPS) is 8.85. The Morgan fingerprint density at radius 2 is 2.00 bits per heavy atom. The molecule has 108 valence electrons. The molecule has 4 N–H and O–H groups in total. The first-order chi connectivity index (χ1) is 8.70. The first-order valence-electron chi connectivity index (χ1n) is 5.41. The summed E-state index contributed by atoms with van der Waals surface area (Å²) in [5.74, 6) is 0.609. The number of hydrogen-bond donors (Lipinski definition) is 3. The van der Waals surface area contributed by atoms with E-state index >= 15 is 0 Å². The van der Waals surface area contributed by atoms with Crippen molar-refractivity contribution in [3.05, 3.63) is 42.6 Å². The molecular formula is C13H16Cl2N4O. The van der Waals surface area contributed by atoms with Gasteiger partial charge in [0.05, 0.1) is 7.11 Å². The van der Waals surface area contributed by atoms with Crippen LogP contribution < -0.4 is 15.8 Å². The van der Waals surface area contributed by atoms with Crippen molar-refractivity contribution >= 4 is 36.5 Å². The fraction of sp³-hybridized carbons (Fsp3) is 0.0769. The smallest absolute Gasteiger partial charge is 0.190 e. The van der Waals surface area contributed by atoms with Crippen LogP contribution in [0.3, 0.4) is 0 Å². The van der Waals surface area contributed by atoms with Gasteiger partial charge in [0.2, 0.25) is 0 Å². The molecule has 0 saturated heterocycles. The van der Waals surface area contributed by atoms with Crippen LogP contribution in [0, 0.1) is 5.41 Å². The van der Waals surface area contributed by atoms with Gasteiger partial charge < -0.3 is 15.8 Å². The SMILES string of the molecule is COc1cccnc1-c1cccc(NC(=N)N)c1.Cl.Cl. The van der Waals surface area contributed by atoms with Crippen molar-refractivity contribution in [2.75, 3.05) is 12.4 Å². The van der Waals surface area contributed by atoms with Crippen LogP contribution in [-0.4, -0.2) is 18.1 Å². The quantitative estimate of drug-likeness (QED) is 0.600. The lowest BCUT2D eigenvalue weighted by Gasteiger charge is -2.09. The fourth-order valence-electron chi connectivity index (χ4n) is 1.67. The number of ether oxygens (including phenoxy) is 1. The number of nitrogens with two attached hydrogens (primary N) is 1. The summed E-state index contributed by atoms with van der Waals surface area (Å²) in [6.07, 6.45) is 1.71. The predicted octanol–water partition coefficient (Wildman–Crippen LogP) is 2.91. The van der Waals surface area contributed by atoms with Gasteiger partial charge in [-0.05, 0) is 24.3 Å². The molecule has 7 heteroatoms. The minimum atomic E-state index is -0.0971. The molecule has 20 heavy (non-hydrogen) atoms. The van der Waals surface area contributed by atoms with Gasteiger partial charge >= 0.3 is 0 Å². The first kappa shape index (κ1) is 18.0. The third kappa shape index (κ3) is 4.29. The van der Waals surface area contributed by atoms with Crippen LogP contribution in [0.5, 0.6) is 5.75 Å². The third-order valence-corrected chi connectivity index (χ3v) is 2.41. The van der Waals surface area contributed by atoms with Gasteiger partial charge in [0.25, 0.3) is 0 Å². The standard InChI is InChI=1S/C13H14N4O.2ClH/c1-18-11-6-3-7-16-12(11)9-4-2-5-10(8-9)17-13(14)15;;/h2-8H,1H3,(H4,14,15,17);2*1H. The van der Waals surface area contributed by atoms with Gasteiger partial charge in [0.15, 0.2) is 5.96 Å². The van der Waals surface area contributed by atoms with Gasteiger partial charge in [-0.25, -0.2) is 0 Å². The molecule has 0 unspecified atom stereocenters. The lowest BCUT2D eigenvalue weighted by molar-refractivity contribution is 0.415. The highest BCUT2D eigenvalue weighted by Gasteiger charge is 2.07. The summed E-state index contributed by atoms with van der Waals surface area (Å²) in [4.78, 5) is 4.30. The van der Waals surface area contributed by atoms with E-state index in [1.807, 2.05) is 36.4 Å². The van der Waals surface area contributed by atoms with Gasteiger partial charge in [-0.3, -0.25) is 10.4 Å². The molecule has 0 spiro atoms. The Hall–Kier alpha value is -1.98. The number of pyridine rings is 1. The molecule has 0 bridgehead atoms. The number of hydrogen-bond acceptors (Lipinski definition) is 3. The van der Waals surface area contributed by atoms with Crippen molar-refractivity contribution in [3.63, 3.8) is 0 Å². The van der Waals surface area contributed by atoms with E-state index in [-0.39, 0.29) is 30.8 Å². The zero-order valence-corrected chi connectivity index (χ0v) is 12.4. The number of methoxy groups -OCH3 is 1. The molecule has 0 amide bonds. The number of halogens is 2. The van der Waals surface area contributed by atoms with Crippen molar-refractivity contribution in [2.45, 2.75) is 0 Å². The van der Waals surface area contributed by atoms with Crippen molar-refractivity contribution in [1.82, 2.24) is 4.98 Å². The highest BCUT2D eigenvalue weighted by atomic mass is 35.5. The first-order valence-corrected chi connectivity index (χ1v) is 5.41. The van der Waals surface area contributed by atoms with E-state index < -0.39 is 0 Å². The summed E-state index contributed by atoms with van der Waals surface area (Å²) in [5.41, 5.74) is 7.70. The van der Waals surface area contributed by atoms with Gasteiger partial charge in [0.1, 0.15) is 11.4 Å². The van der Waals surface area contributed by atoms with Gasteiger partial charge in [-0.1, -0.05) is 12.1 Å². The summed E-state index contributed by atoms with van der Waals surface area (Å²) in [6.45, 7) is 0. The Labute approximate surface area is 129 Å². The largest absolute Gasteiger partial charge is 0.494 e. The fourth-order valence-corrected chi connectivity index (χ4v) is 1.67. The third-order valence-electron chi connectivity index (χ3n) is 2.41. The molecule has 1 heterocycles. The monoisotopic (exact) mass is 314 g/mol. The number of nitrogens with one attached hydrogen (secondary N) is 2. The van der Waals surface area contributed by atoms with Crippen LogP contribution in [0.15, 0.2) is 42.6 Å². The average Bonchev–Trinajstić information content (AvgIpc) is 2.38. The molecule has 1 aromatic carbocycles. The van der Waals surface area contributed by atoms with E-state index in [9.17, 15) is 0 Å². The lowest BCUT2D eigenvalue weighted by atomic mass is 10.1. The Balaban J connectivity index is 0.00000180. The minimum Gasteiger partial charge on any atom is -0.494 e. The van der Waals surface area contributed by atoms with Crippen LogP contribution in [-0.2, 0) is 0 Å². The highest BCUT2D eigenvalue weighted by molar-refractivity contribution is 5.90. The van der Waals surface area contributed by atoms with Gasteiger partial charge in [0, 0.05) is 17.4 Å². The zero-order valence-electron chi connectivity index (χ0n) is 10.8. The van der Waals surface area contributed by atoms with E-state index in [0.29, 0.717) is 5.75 Å². The van der Waals surface area contributed by atoms with Crippen molar-refractivity contribution < 1.29 is 4.74 Å². The maximum atomic E-state index is 7.21. The summed E-state index contributed by atoms with van der Waals surface area (Å²) in [6, 6.07) is 11.2. The molecule has 0 aliphatic rings. The maximum Gasteiger partial charge on any atom is 0.190 e. The van der Waals surface area contributed by atoms with Crippen LogP contribution in [0.2, 0.25) is 0 Å². The van der Waals surface area contributed by atoms with Crippen molar-refractivity contribution in [1.29, 1.82) is 5.41 Å². The predicted molar refractivity (Wildman–Crippen MR) is 86.3 cm³/mol. The molecule has 0 saturated carbocycles. The molecule has 0 radical (unpaired) electrons. The summed E-state index contributed by atoms with van der Waals surface area (Å²) < 4.78 is 5.27. The van der Waals surface area contributed by atoms with Crippen molar-refractivity contribution in [2.24, 2.45) is 5.73 Å². The van der Waals surface area contributed by atoms with Gasteiger partial charge in [-0.2, -0.15) is 0 Å². The molecule has 2 aromatic rings. The van der Waals surface area contributed by atoms with Crippen LogP contribution in [0.25, 0.3) is 11.3 Å². The summed E-state index contributed by atoms with van der Waals surface area (Å²) >= 11 is 0. The Morgan fingerprint density at radius 1 is 1.25 bits per heavy atom. The molecule has 0 aliphatic carbocycles. The number of anilines is 1. The summed E-state index contributed by atoms with van der Waals surface area (Å²) in [7, 11) is 1.61. The second kappa shape index (κ2) is 8.24. The van der Waals surface area contributed by atoms with E-state index in [1.54, 1.807) is 13.3 Å². The Bertz CT molecular complexity index is 578. The molecular weight excluding hydrogens is 299 g/mol. The maximum absolute atomic E-state index is 7.21. The van der Waals surface area contributed by atoms with Crippen molar-refractivity contribution in [3.8, 4) is 17.0 Å². The van der Waals surface area contributed by atoms with E-state index in [0.717, 1.165) is 16.9 Å². The molecule has 0 atom stereocenters. The number of nitrogens with zero attached hydrogens (tertiary/aromatic N) is 1. The van der Waals surface area contributed by atoms with Crippen LogP contribution in [0.1, 0.15) is 0 Å². The molecule has 2 rings (SSSR count). The van der Waals surface area contributed by atoms with E-state index in [2.05, 4.69) is 10.3 Å².